The minimum Gasteiger partial charge on any atom is -0.496 e. The quantitative estimate of drug-likeness (QED) is 0.901. The lowest BCUT2D eigenvalue weighted by Gasteiger charge is -2.11. The minimum absolute atomic E-state index is 0.147. The van der Waals surface area contributed by atoms with Crippen molar-refractivity contribution in [1.29, 1.82) is 0 Å². The van der Waals surface area contributed by atoms with E-state index in [1.807, 2.05) is 43.3 Å². The fourth-order valence-corrected chi connectivity index (χ4v) is 2.19. The highest BCUT2D eigenvalue weighted by atomic mass is 16.5. The van der Waals surface area contributed by atoms with Gasteiger partial charge in [0.05, 0.1) is 7.11 Å². The van der Waals surface area contributed by atoms with Gasteiger partial charge in [-0.3, -0.25) is 4.79 Å². The van der Waals surface area contributed by atoms with Crippen LogP contribution in [0.15, 0.2) is 42.5 Å². The Morgan fingerprint density at radius 1 is 1.20 bits per heavy atom. The lowest BCUT2D eigenvalue weighted by Crippen LogP contribution is -1.97. The van der Waals surface area contributed by atoms with Crippen LogP contribution in [0.1, 0.15) is 17.5 Å². The van der Waals surface area contributed by atoms with E-state index in [9.17, 15) is 4.79 Å². The molecule has 0 unspecified atom stereocenters. The molecule has 0 radical (unpaired) electrons. The molecule has 0 saturated heterocycles. The molecule has 3 nitrogen and oxygen atoms in total. The summed E-state index contributed by atoms with van der Waals surface area (Å²) in [5, 5.41) is 8.76. The molecule has 0 aliphatic heterocycles. The van der Waals surface area contributed by atoms with Gasteiger partial charge in [0.25, 0.3) is 0 Å². The molecule has 0 aromatic heterocycles. The molecular weight excluding hydrogens is 252 g/mol. The van der Waals surface area contributed by atoms with Crippen LogP contribution in [0.4, 0.5) is 0 Å². The van der Waals surface area contributed by atoms with Gasteiger partial charge in [0.2, 0.25) is 0 Å². The lowest BCUT2D eigenvalue weighted by molar-refractivity contribution is -0.136. The van der Waals surface area contributed by atoms with Crippen molar-refractivity contribution in [3.05, 3.63) is 53.6 Å². The van der Waals surface area contributed by atoms with Crippen molar-refractivity contribution in [2.24, 2.45) is 0 Å². The maximum Gasteiger partial charge on any atom is 0.303 e. The molecule has 3 heteroatoms. The topological polar surface area (TPSA) is 46.5 Å². The number of rotatable bonds is 5. The Labute approximate surface area is 118 Å². The van der Waals surface area contributed by atoms with Crippen molar-refractivity contribution in [3.8, 4) is 16.9 Å². The Kier molecular flexibility index (Phi) is 4.41. The number of methoxy groups -OCH3 is 1. The first-order valence-corrected chi connectivity index (χ1v) is 6.56. The Bertz CT molecular complexity index is 617. The Hall–Kier alpha value is -2.29. The summed E-state index contributed by atoms with van der Waals surface area (Å²) in [5.41, 5.74) is 4.27. The van der Waals surface area contributed by atoms with Crippen molar-refractivity contribution in [2.75, 3.05) is 7.11 Å². The average molecular weight is 270 g/mol. The molecule has 0 spiro atoms. The van der Waals surface area contributed by atoms with E-state index in [4.69, 9.17) is 9.84 Å². The van der Waals surface area contributed by atoms with Crippen molar-refractivity contribution in [2.45, 2.75) is 19.8 Å². The molecule has 2 aromatic carbocycles. The zero-order valence-corrected chi connectivity index (χ0v) is 11.7. The lowest BCUT2D eigenvalue weighted by atomic mass is 9.99. The van der Waals surface area contributed by atoms with E-state index < -0.39 is 5.97 Å². The number of hydrogen-bond donors (Lipinski definition) is 1. The van der Waals surface area contributed by atoms with E-state index >= 15 is 0 Å². The fourth-order valence-electron chi connectivity index (χ4n) is 2.19. The van der Waals surface area contributed by atoms with Crippen LogP contribution in [-0.4, -0.2) is 18.2 Å². The molecule has 20 heavy (non-hydrogen) atoms. The van der Waals surface area contributed by atoms with E-state index in [1.165, 1.54) is 0 Å². The molecule has 0 fully saturated rings. The monoisotopic (exact) mass is 270 g/mol. The van der Waals surface area contributed by atoms with E-state index in [1.54, 1.807) is 7.11 Å². The van der Waals surface area contributed by atoms with Gasteiger partial charge in [0.1, 0.15) is 5.75 Å². The van der Waals surface area contributed by atoms with E-state index in [0.29, 0.717) is 6.42 Å². The number of aliphatic carboxylic acids is 1. The molecule has 0 heterocycles. The highest BCUT2D eigenvalue weighted by Crippen LogP contribution is 2.31. The number of carbonyl (C=O) groups is 1. The number of carboxylic acids is 1. The first-order chi connectivity index (χ1) is 9.60. The summed E-state index contributed by atoms with van der Waals surface area (Å²) in [6, 6.07) is 14.0. The molecule has 0 bridgehead atoms. The zero-order valence-electron chi connectivity index (χ0n) is 11.7. The Balaban J connectivity index is 2.35. The highest BCUT2D eigenvalue weighted by molar-refractivity contribution is 5.72. The number of hydrogen-bond acceptors (Lipinski definition) is 2. The van der Waals surface area contributed by atoms with Crippen LogP contribution in [0.25, 0.3) is 11.1 Å². The van der Waals surface area contributed by atoms with Crippen LogP contribution in [0, 0.1) is 6.92 Å². The van der Waals surface area contributed by atoms with E-state index in [-0.39, 0.29) is 6.42 Å². The summed E-state index contributed by atoms with van der Waals surface area (Å²) in [6.45, 7) is 2.04. The van der Waals surface area contributed by atoms with Crippen LogP contribution in [0.2, 0.25) is 0 Å². The number of carboxylic acid groups (broad SMARTS) is 1. The second kappa shape index (κ2) is 6.24. The summed E-state index contributed by atoms with van der Waals surface area (Å²) in [7, 11) is 1.66. The van der Waals surface area contributed by atoms with Gasteiger partial charge in [-0.25, -0.2) is 0 Å². The predicted octanol–water partition coefficient (Wildman–Crippen LogP) is 3.69. The molecule has 0 atom stereocenters. The smallest absolute Gasteiger partial charge is 0.303 e. The summed E-state index contributed by atoms with van der Waals surface area (Å²) in [4.78, 5) is 10.7. The largest absolute Gasteiger partial charge is 0.496 e. The summed E-state index contributed by atoms with van der Waals surface area (Å²) in [6.07, 6.45) is 0.686. The summed E-state index contributed by atoms with van der Waals surface area (Å²) >= 11 is 0. The minimum atomic E-state index is -0.775. The molecule has 2 aromatic rings. The van der Waals surface area contributed by atoms with Gasteiger partial charge in [-0.15, -0.1) is 0 Å². The van der Waals surface area contributed by atoms with Crippen molar-refractivity contribution >= 4 is 5.97 Å². The molecule has 0 aliphatic carbocycles. The Morgan fingerprint density at radius 2 is 2.00 bits per heavy atom. The summed E-state index contributed by atoms with van der Waals surface area (Å²) in [5.74, 6) is 0.0505. The maximum atomic E-state index is 10.7. The first kappa shape index (κ1) is 14.1. The van der Waals surface area contributed by atoms with Crippen LogP contribution in [0.3, 0.4) is 0 Å². The maximum absolute atomic E-state index is 10.7. The third kappa shape index (κ3) is 3.38. The zero-order chi connectivity index (χ0) is 14.5. The average Bonchev–Trinajstić information content (AvgIpc) is 2.45. The van der Waals surface area contributed by atoms with Gasteiger partial charge < -0.3 is 9.84 Å². The summed E-state index contributed by atoms with van der Waals surface area (Å²) < 4.78 is 5.40. The first-order valence-electron chi connectivity index (χ1n) is 6.56. The van der Waals surface area contributed by atoms with Crippen molar-refractivity contribution < 1.29 is 14.6 Å². The van der Waals surface area contributed by atoms with Crippen molar-refractivity contribution in [3.63, 3.8) is 0 Å². The third-order valence-electron chi connectivity index (χ3n) is 3.22. The second-order valence-electron chi connectivity index (χ2n) is 4.80. The fraction of sp³-hybridized carbons (Fsp3) is 0.235. The van der Waals surface area contributed by atoms with Gasteiger partial charge in [-0.05, 0) is 36.6 Å². The standard InChI is InChI=1S/C17H18O3/c1-12-6-8-16(20-2)15(10-12)14-5-3-4-13(11-14)7-9-17(18)19/h3-6,8,10-11H,7,9H2,1-2H3,(H,18,19). The van der Waals surface area contributed by atoms with Crippen LogP contribution in [-0.2, 0) is 11.2 Å². The predicted molar refractivity (Wildman–Crippen MR) is 79.1 cm³/mol. The van der Waals surface area contributed by atoms with E-state index in [0.717, 1.165) is 28.0 Å². The molecule has 0 saturated carbocycles. The molecule has 2 rings (SSSR count). The van der Waals surface area contributed by atoms with Crippen LogP contribution < -0.4 is 4.74 Å². The van der Waals surface area contributed by atoms with Crippen molar-refractivity contribution in [1.82, 2.24) is 0 Å². The third-order valence-corrected chi connectivity index (χ3v) is 3.22. The molecule has 0 aliphatic rings. The van der Waals surface area contributed by atoms with Crippen LogP contribution >= 0.6 is 0 Å². The Morgan fingerprint density at radius 3 is 2.70 bits per heavy atom. The normalized spacial score (nSPS) is 10.3. The molecular formula is C17H18O3. The SMILES string of the molecule is COc1ccc(C)cc1-c1cccc(CCC(=O)O)c1. The van der Waals surface area contributed by atoms with Gasteiger partial charge in [0, 0.05) is 12.0 Å². The van der Waals surface area contributed by atoms with Gasteiger partial charge in [0.15, 0.2) is 0 Å². The van der Waals surface area contributed by atoms with Gasteiger partial charge in [-0.1, -0.05) is 35.9 Å². The molecule has 0 amide bonds. The molecule has 1 N–H and O–H groups in total. The van der Waals surface area contributed by atoms with Crippen LogP contribution in [0.5, 0.6) is 5.75 Å². The molecule has 104 valence electrons. The second-order valence-corrected chi connectivity index (χ2v) is 4.80. The van der Waals surface area contributed by atoms with Gasteiger partial charge >= 0.3 is 5.97 Å². The number of aryl methyl sites for hydroxylation is 2. The number of benzene rings is 2. The number of ether oxygens (including phenoxy) is 1. The van der Waals surface area contributed by atoms with E-state index in [2.05, 4.69) is 6.07 Å². The van der Waals surface area contributed by atoms with Gasteiger partial charge in [-0.2, -0.15) is 0 Å². The highest BCUT2D eigenvalue weighted by Gasteiger charge is 2.07.